The minimum Gasteiger partial charge on any atom is -0.508 e. The van der Waals surface area contributed by atoms with E-state index in [2.05, 4.69) is 9.71 Å². The number of phenolic OH excluding ortho intramolecular Hbond substituents is 1. The van der Waals surface area contributed by atoms with Crippen molar-refractivity contribution in [2.75, 3.05) is 6.54 Å². The van der Waals surface area contributed by atoms with Crippen LogP contribution in [0, 0.1) is 5.82 Å². The maximum atomic E-state index is 12.9. The monoisotopic (exact) mass is 296 g/mol. The molecule has 1 aromatic carbocycles. The zero-order valence-corrected chi connectivity index (χ0v) is 11.3. The van der Waals surface area contributed by atoms with Crippen molar-refractivity contribution < 1.29 is 17.9 Å². The molecule has 1 aromatic heterocycles. The van der Waals surface area contributed by atoms with Crippen LogP contribution in [0.25, 0.3) is 0 Å². The Morgan fingerprint density at radius 1 is 1.20 bits per heavy atom. The van der Waals surface area contributed by atoms with Gasteiger partial charge in [0.15, 0.2) is 0 Å². The van der Waals surface area contributed by atoms with E-state index in [1.165, 1.54) is 12.1 Å². The molecule has 7 heteroatoms. The normalized spacial score (nSPS) is 11.4. The zero-order chi connectivity index (χ0) is 14.6. The van der Waals surface area contributed by atoms with Crippen LogP contribution in [0.5, 0.6) is 5.75 Å². The fraction of sp³-hybridized carbons (Fsp3) is 0.154. The smallest absolute Gasteiger partial charge is 0.242 e. The van der Waals surface area contributed by atoms with Crippen LogP contribution in [-0.4, -0.2) is 25.1 Å². The second kappa shape index (κ2) is 5.98. The lowest BCUT2D eigenvalue weighted by atomic mass is 10.1. The molecule has 106 valence electrons. The third-order valence-electron chi connectivity index (χ3n) is 2.63. The third kappa shape index (κ3) is 3.75. The molecule has 0 saturated heterocycles. The number of aromatic hydroxyl groups is 1. The molecule has 0 radical (unpaired) electrons. The van der Waals surface area contributed by atoms with Crippen molar-refractivity contribution in [2.24, 2.45) is 0 Å². The molecule has 2 aromatic rings. The van der Waals surface area contributed by atoms with Crippen LogP contribution in [0.4, 0.5) is 4.39 Å². The van der Waals surface area contributed by atoms with Gasteiger partial charge in [0.2, 0.25) is 10.0 Å². The van der Waals surface area contributed by atoms with Crippen molar-refractivity contribution >= 4 is 10.0 Å². The number of aromatic nitrogens is 1. The summed E-state index contributed by atoms with van der Waals surface area (Å²) in [5, 5.41) is 9.13. The number of hydrogen-bond donors (Lipinski definition) is 2. The van der Waals surface area contributed by atoms with Crippen molar-refractivity contribution in [3.63, 3.8) is 0 Å². The van der Waals surface area contributed by atoms with Crippen LogP contribution in [0.15, 0.2) is 47.6 Å². The Kier molecular flexibility index (Phi) is 4.31. The largest absolute Gasteiger partial charge is 0.508 e. The molecule has 0 fully saturated rings. The Bertz CT molecular complexity index is 687. The van der Waals surface area contributed by atoms with Crippen molar-refractivity contribution in [2.45, 2.75) is 11.3 Å². The maximum Gasteiger partial charge on any atom is 0.242 e. The van der Waals surface area contributed by atoms with E-state index in [-0.39, 0.29) is 17.2 Å². The van der Waals surface area contributed by atoms with Gasteiger partial charge in [-0.05, 0) is 30.2 Å². The highest BCUT2D eigenvalue weighted by molar-refractivity contribution is 7.89. The first-order valence-corrected chi connectivity index (χ1v) is 7.34. The molecule has 20 heavy (non-hydrogen) atoms. The lowest BCUT2D eigenvalue weighted by Crippen LogP contribution is -2.26. The topological polar surface area (TPSA) is 79.3 Å². The molecule has 5 nitrogen and oxygen atoms in total. The van der Waals surface area contributed by atoms with E-state index in [4.69, 9.17) is 5.11 Å². The summed E-state index contributed by atoms with van der Waals surface area (Å²) in [4.78, 5) is 3.30. The first-order valence-electron chi connectivity index (χ1n) is 5.85. The highest BCUT2D eigenvalue weighted by Gasteiger charge is 2.14. The van der Waals surface area contributed by atoms with Crippen molar-refractivity contribution in [3.05, 3.63) is 54.1 Å². The van der Waals surface area contributed by atoms with Gasteiger partial charge < -0.3 is 5.11 Å². The van der Waals surface area contributed by atoms with Crippen LogP contribution in [0.2, 0.25) is 0 Å². The lowest BCUT2D eigenvalue weighted by Gasteiger charge is -2.06. The van der Waals surface area contributed by atoms with Gasteiger partial charge in [-0.1, -0.05) is 12.1 Å². The quantitative estimate of drug-likeness (QED) is 0.875. The Labute approximate surface area is 116 Å². The number of nitrogens with zero attached hydrogens (tertiary/aromatic N) is 1. The molecule has 0 spiro atoms. The van der Waals surface area contributed by atoms with Gasteiger partial charge in [-0.3, -0.25) is 4.98 Å². The zero-order valence-electron chi connectivity index (χ0n) is 10.5. The molecule has 0 unspecified atom stereocenters. The summed E-state index contributed by atoms with van der Waals surface area (Å²) in [5.41, 5.74) is 0.878. The van der Waals surface area contributed by atoms with Crippen molar-refractivity contribution in [3.8, 4) is 5.75 Å². The minimum atomic E-state index is -3.76. The first kappa shape index (κ1) is 14.4. The maximum absolute atomic E-state index is 12.9. The Balaban J connectivity index is 1.98. The summed E-state index contributed by atoms with van der Waals surface area (Å²) in [5.74, 6) is -0.549. The molecule has 0 bridgehead atoms. The van der Waals surface area contributed by atoms with Crippen LogP contribution in [0.3, 0.4) is 0 Å². The second-order valence-corrected chi connectivity index (χ2v) is 5.92. The first-order chi connectivity index (χ1) is 9.47. The fourth-order valence-corrected chi connectivity index (χ4v) is 2.62. The van der Waals surface area contributed by atoms with Gasteiger partial charge in [-0.2, -0.15) is 0 Å². The lowest BCUT2D eigenvalue weighted by molar-refractivity contribution is 0.475. The molecule has 0 saturated carbocycles. The highest BCUT2D eigenvalue weighted by Crippen LogP contribution is 2.11. The van der Waals surface area contributed by atoms with Gasteiger partial charge in [-0.15, -0.1) is 0 Å². The summed E-state index contributed by atoms with van der Waals surface area (Å²) in [6, 6.07) is 7.37. The predicted octanol–water partition coefficient (Wildman–Crippen LogP) is 1.45. The van der Waals surface area contributed by atoms with E-state index in [0.717, 1.165) is 24.0 Å². The minimum absolute atomic E-state index is 0.153. The molecule has 0 aliphatic heterocycles. The number of phenols is 1. The SMILES string of the molecule is O=S(=O)(NCCc1ccc(O)cc1)c1cncc(F)c1. The van der Waals surface area contributed by atoms with Gasteiger partial charge in [0, 0.05) is 12.7 Å². The van der Waals surface area contributed by atoms with E-state index in [1.54, 1.807) is 12.1 Å². The van der Waals surface area contributed by atoms with Crippen LogP contribution in [0.1, 0.15) is 5.56 Å². The number of sulfonamides is 1. The van der Waals surface area contributed by atoms with Crippen molar-refractivity contribution in [1.82, 2.24) is 9.71 Å². The molecule has 2 rings (SSSR count). The Morgan fingerprint density at radius 2 is 1.90 bits per heavy atom. The molecule has 0 amide bonds. The van der Waals surface area contributed by atoms with Gasteiger partial charge in [0.25, 0.3) is 0 Å². The van der Waals surface area contributed by atoms with Crippen LogP contribution >= 0.6 is 0 Å². The van der Waals surface area contributed by atoms with Crippen molar-refractivity contribution in [1.29, 1.82) is 0 Å². The second-order valence-electron chi connectivity index (χ2n) is 4.15. The number of hydrogen-bond acceptors (Lipinski definition) is 4. The molecule has 0 atom stereocenters. The molecule has 0 aliphatic carbocycles. The van der Waals surface area contributed by atoms with Crippen LogP contribution < -0.4 is 4.72 Å². The van der Waals surface area contributed by atoms with Gasteiger partial charge in [-0.25, -0.2) is 17.5 Å². The summed E-state index contributed by atoms with van der Waals surface area (Å²) in [6.45, 7) is 0.170. The standard InChI is InChI=1S/C13H13FN2O3S/c14-11-7-13(9-15-8-11)20(18,19)16-6-5-10-1-3-12(17)4-2-10/h1-4,7-9,16-17H,5-6H2. The molecular weight excluding hydrogens is 283 g/mol. The van der Waals surface area contributed by atoms with E-state index < -0.39 is 15.8 Å². The Morgan fingerprint density at radius 3 is 2.55 bits per heavy atom. The summed E-state index contributed by atoms with van der Waals surface area (Å²) in [6.07, 6.45) is 2.49. The van der Waals surface area contributed by atoms with E-state index in [9.17, 15) is 12.8 Å². The fourth-order valence-electron chi connectivity index (χ4n) is 1.62. The number of halogens is 1. The van der Waals surface area contributed by atoms with Gasteiger partial charge in [0.05, 0.1) is 6.20 Å². The van der Waals surface area contributed by atoms with E-state index in [1.807, 2.05) is 0 Å². The number of nitrogens with one attached hydrogen (secondary N) is 1. The molecular formula is C13H13FN2O3S. The van der Waals surface area contributed by atoms with E-state index in [0.29, 0.717) is 6.42 Å². The summed E-state index contributed by atoms with van der Waals surface area (Å²) < 4.78 is 39.1. The highest BCUT2D eigenvalue weighted by atomic mass is 32.2. The molecule has 0 aliphatic rings. The van der Waals surface area contributed by atoms with Gasteiger partial charge in [0.1, 0.15) is 16.5 Å². The van der Waals surface area contributed by atoms with Gasteiger partial charge >= 0.3 is 0 Å². The van der Waals surface area contributed by atoms with Crippen LogP contribution in [-0.2, 0) is 16.4 Å². The summed E-state index contributed by atoms with van der Waals surface area (Å²) in [7, 11) is -3.76. The van der Waals surface area contributed by atoms with E-state index >= 15 is 0 Å². The molecule has 1 heterocycles. The average molecular weight is 296 g/mol. The Hall–Kier alpha value is -1.99. The number of pyridine rings is 1. The average Bonchev–Trinajstić information content (AvgIpc) is 2.41. The summed E-state index contributed by atoms with van der Waals surface area (Å²) >= 11 is 0. The molecule has 2 N–H and O–H groups in total. The number of rotatable bonds is 5. The predicted molar refractivity (Wildman–Crippen MR) is 71.2 cm³/mol. The number of benzene rings is 1. The third-order valence-corrected chi connectivity index (χ3v) is 4.06.